The van der Waals surface area contributed by atoms with E-state index in [0.717, 1.165) is 6.08 Å². The summed E-state index contributed by atoms with van der Waals surface area (Å²) in [4.78, 5) is 64.1. The predicted octanol–water partition coefficient (Wildman–Crippen LogP) is 3.17. The fraction of sp³-hybridized carbons (Fsp3) is 0.744. The van der Waals surface area contributed by atoms with E-state index < -0.39 is 114 Å². The molecule has 11 atom stereocenters. The first kappa shape index (κ1) is 49.0. The van der Waals surface area contributed by atoms with Crippen molar-refractivity contribution in [2.75, 3.05) is 14.2 Å². The first-order chi connectivity index (χ1) is 27.9. The molecule has 0 saturated carbocycles. The SMILES string of the molecule is CCCC(=O)OC1/C(=C\C(=O)OC)CC2CC(C(C)O)OC(=O)CC(O)CC3CC(OC(C)=O)C(C)(C)C(O)(CC4C/C(=C/C(=O)OC)CC(/C=C/C(C)(C)C1(O)O2)O4)O3. The molecular formula is C43H64O17. The van der Waals surface area contributed by atoms with Gasteiger partial charge < -0.3 is 58.3 Å². The first-order valence-corrected chi connectivity index (χ1v) is 20.6. The van der Waals surface area contributed by atoms with Gasteiger partial charge in [-0.2, -0.15) is 0 Å². The molecule has 3 saturated heterocycles. The van der Waals surface area contributed by atoms with Crippen LogP contribution in [0.5, 0.6) is 0 Å². The van der Waals surface area contributed by atoms with Gasteiger partial charge in [0, 0.05) is 56.6 Å². The van der Waals surface area contributed by atoms with Gasteiger partial charge in [0.1, 0.15) is 12.2 Å². The summed E-state index contributed by atoms with van der Waals surface area (Å²) in [6, 6.07) is 0. The van der Waals surface area contributed by atoms with Gasteiger partial charge in [-0.25, -0.2) is 9.59 Å². The Morgan fingerprint density at radius 2 is 1.57 bits per heavy atom. The molecule has 6 bridgehead atoms. The normalized spacial score (nSPS) is 37.1. The molecule has 3 fully saturated rings. The molecule has 17 nitrogen and oxygen atoms in total. The first-order valence-electron chi connectivity index (χ1n) is 20.6. The lowest BCUT2D eigenvalue weighted by Crippen LogP contribution is -2.62. The zero-order valence-corrected chi connectivity index (χ0v) is 36.2. The summed E-state index contributed by atoms with van der Waals surface area (Å²) in [5.41, 5.74) is -1.96. The van der Waals surface area contributed by atoms with Crippen molar-refractivity contribution < 1.29 is 82.3 Å². The van der Waals surface area contributed by atoms with Gasteiger partial charge in [0.2, 0.25) is 5.79 Å². The summed E-state index contributed by atoms with van der Waals surface area (Å²) in [6.07, 6.45) is -4.54. The van der Waals surface area contributed by atoms with Gasteiger partial charge in [0.25, 0.3) is 0 Å². The lowest BCUT2D eigenvalue weighted by Gasteiger charge is -2.53. The number of carbonyl (C=O) groups is 5. The molecule has 4 aliphatic rings. The van der Waals surface area contributed by atoms with Crippen LogP contribution >= 0.6 is 0 Å². The highest BCUT2D eigenvalue weighted by atomic mass is 16.7. The van der Waals surface area contributed by atoms with Crippen LogP contribution in [-0.4, -0.2) is 131 Å². The second kappa shape index (κ2) is 20.0. The van der Waals surface area contributed by atoms with Crippen molar-refractivity contribution in [3.63, 3.8) is 0 Å². The van der Waals surface area contributed by atoms with Crippen LogP contribution in [0.2, 0.25) is 0 Å². The van der Waals surface area contributed by atoms with E-state index in [2.05, 4.69) is 0 Å². The van der Waals surface area contributed by atoms with E-state index in [0.29, 0.717) is 12.0 Å². The average Bonchev–Trinajstić information content (AvgIpc) is 3.13. The smallest absolute Gasteiger partial charge is 0.330 e. The molecule has 0 aliphatic carbocycles. The van der Waals surface area contributed by atoms with E-state index in [9.17, 15) is 44.4 Å². The number of methoxy groups -OCH3 is 2. The summed E-state index contributed by atoms with van der Waals surface area (Å²) in [7, 11) is 2.41. The highest BCUT2D eigenvalue weighted by molar-refractivity contribution is 5.83. The van der Waals surface area contributed by atoms with Crippen molar-refractivity contribution in [2.24, 2.45) is 10.8 Å². The van der Waals surface area contributed by atoms with Crippen molar-refractivity contribution >= 4 is 29.8 Å². The Morgan fingerprint density at radius 3 is 2.18 bits per heavy atom. The summed E-state index contributed by atoms with van der Waals surface area (Å²) < 4.78 is 46.5. The molecule has 60 heavy (non-hydrogen) atoms. The lowest BCUT2D eigenvalue weighted by molar-refractivity contribution is -0.348. The minimum Gasteiger partial charge on any atom is -0.466 e. The predicted molar refractivity (Wildman–Crippen MR) is 210 cm³/mol. The van der Waals surface area contributed by atoms with E-state index in [1.165, 1.54) is 34.1 Å². The van der Waals surface area contributed by atoms with Gasteiger partial charge in [-0.05, 0) is 38.2 Å². The summed E-state index contributed by atoms with van der Waals surface area (Å²) in [6.45, 7) is 11.0. The molecule has 0 aromatic carbocycles. The number of aliphatic hydroxyl groups is 4. The molecule has 0 aromatic heterocycles. The molecule has 338 valence electrons. The number of hydrogen-bond acceptors (Lipinski definition) is 17. The van der Waals surface area contributed by atoms with Crippen LogP contribution in [0, 0.1) is 10.8 Å². The Labute approximate surface area is 351 Å². The fourth-order valence-electron chi connectivity index (χ4n) is 8.34. The van der Waals surface area contributed by atoms with Gasteiger partial charge in [0.15, 0.2) is 11.9 Å². The van der Waals surface area contributed by atoms with E-state index >= 15 is 0 Å². The fourth-order valence-corrected chi connectivity index (χ4v) is 8.34. The van der Waals surface area contributed by atoms with Crippen molar-refractivity contribution in [3.8, 4) is 0 Å². The second-order valence-corrected chi connectivity index (χ2v) is 17.5. The Hall–Kier alpha value is -3.71. The Bertz CT molecular complexity index is 1660. The molecule has 4 rings (SSSR count). The zero-order valence-electron chi connectivity index (χ0n) is 36.2. The van der Waals surface area contributed by atoms with Crippen LogP contribution in [0.15, 0.2) is 35.5 Å². The molecule has 0 radical (unpaired) electrons. The summed E-state index contributed by atoms with van der Waals surface area (Å²) >= 11 is 0. The third kappa shape index (κ3) is 11.8. The quantitative estimate of drug-likeness (QED) is 0.124. The number of hydrogen-bond donors (Lipinski definition) is 4. The van der Waals surface area contributed by atoms with Crippen LogP contribution in [0.4, 0.5) is 0 Å². The molecule has 4 N–H and O–H groups in total. The maximum Gasteiger partial charge on any atom is 0.330 e. The molecule has 0 amide bonds. The Kier molecular flexibility index (Phi) is 16.3. The van der Waals surface area contributed by atoms with Crippen molar-refractivity contribution in [1.82, 2.24) is 0 Å². The number of esters is 5. The zero-order chi connectivity index (χ0) is 44.8. The molecular weight excluding hydrogens is 788 g/mol. The minimum absolute atomic E-state index is 0.00840. The number of aliphatic hydroxyl groups excluding tert-OH is 2. The molecule has 0 spiro atoms. The van der Waals surface area contributed by atoms with Crippen molar-refractivity contribution in [3.05, 3.63) is 35.5 Å². The van der Waals surface area contributed by atoms with Gasteiger partial charge in [-0.1, -0.05) is 52.3 Å². The minimum atomic E-state index is -2.41. The van der Waals surface area contributed by atoms with Crippen LogP contribution in [0.25, 0.3) is 0 Å². The van der Waals surface area contributed by atoms with Gasteiger partial charge in [-0.3, -0.25) is 14.4 Å². The lowest BCUT2D eigenvalue weighted by atomic mass is 9.70. The Morgan fingerprint density at radius 1 is 0.900 bits per heavy atom. The molecule has 0 aromatic rings. The topological polar surface area (TPSA) is 240 Å². The van der Waals surface area contributed by atoms with Crippen LogP contribution in [0.1, 0.15) is 113 Å². The second-order valence-electron chi connectivity index (χ2n) is 17.5. The highest BCUT2D eigenvalue weighted by Gasteiger charge is 2.59. The molecule has 11 unspecified atom stereocenters. The van der Waals surface area contributed by atoms with Crippen molar-refractivity contribution in [1.29, 1.82) is 0 Å². The Balaban J connectivity index is 1.89. The molecule has 4 heterocycles. The summed E-state index contributed by atoms with van der Waals surface area (Å²) in [5, 5.41) is 47.3. The standard InChI is InChI=1S/C43H64O17/c1-10-11-35(47)58-39-27(18-37(49)54-9)17-30-21-33(24(2)44)57-38(50)20-28(46)19-31-22-34(55-25(3)45)41(6,7)42(51,59-31)23-32-15-26(16-36(48)53-8)14-29(56-32)12-13-40(4,5)43(39,52)60-30/h12-13,16,18,24,28-34,39,44,46,51-52H,10-11,14-15,17,19-23H2,1-9H3/b13-12+,26-16+,27-18-. The number of carbonyl (C=O) groups excluding carboxylic acids is 5. The number of fused-ring (bicyclic) bond motifs is 6. The van der Waals surface area contributed by atoms with E-state index in [1.807, 2.05) is 0 Å². The van der Waals surface area contributed by atoms with Gasteiger partial charge in [-0.15, -0.1) is 0 Å². The largest absolute Gasteiger partial charge is 0.466 e. The number of ether oxygens (including phenoxy) is 8. The van der Waals surface area contributed by atoms with Gasteiger partial charge >= 0.3 is 29.8 Å². The maximum atomic E-state index is 13.4. The molecule has 17 heteroatoms. The summed E-state index contributed by atoms with van der Waals surface area (Å²) in [5.74, 6) is -8.01. The van der Waals surface area contributed by atoms with E-state index in [1.54, 1.807) is 46.8 Å². The van der Waals surface area contributed by atoms with E-state index in [-0.39, 0.29) is 56.9 Å². The van der Waals surface area contributed by atoms with Crippen LogP contribution in [0.3, 0.4) is 0 Å². The molecule has 4 aliphatic heterocycles. The third-order valence-corrected chi connectivity index (χ3v) is 11.9. The van der Waals surface area contributed by atoms with Crippen LogP contribution < -0.4 is 0 Å². The van der Waals surface area contributed by atoms with Crippen molar-refractivity contribution in [2.45, 2.75) is 179 Å². The van der Waals surface area contributed by atoms with E-state index in [4.69, 9.17) is 37.9 Å². The number of cyclic esters (lactones) is 1. The van der Waals surface area contributed by atoms with Gasteiger partial charge in [0.05, 0.1) is 62.7 Å². The highest BCUT2D eigenvalue weighted by Crippen LogP contribution is 2.50. The number of rotatable bonds is 7. The maximum absolute atomic E-state index is 13.4. The van der Waals surface area contributed by atoms with Crippen LogP contribution in [-0.2, 0) is 61.9 Å². The third-order valence-electron chi connectivity index (χ3n) is 11.9. The average molecular weight is 853 g/mol. The monoisotopic (exact) mass is 852 g/mol.